The fourth-order valence-electron chi connectivity index (χ4n) is 2.32. The number of benzene rings is 2. The lowest BCUT2D eigenvalue weighted by Crippen LogP contribution is -2.41. The summed E-state index contributed by atoms with van der Waals surface area (Å²) in [4.78, 5) is 12.2. The van der Waals surface area contributed by atoms with Gasteiger partial charge in [0.1, 0.15) is 12.1 Å². The zero-order chi connectivity index (χ0) is 16.7. The number of hydrogen-bond acceptors (Lipinski definition) is 3. The Labute approximate surface area is 141 Å². The molecule has 2 atom stereocenters. The summed E-state index contributed by atoms with van der Waals surface area (Å²) in [5, 5.41) is 15.8. The molecule has 2 N–H and O–H groups in total. The minimum Gasteiger partial charge on any atom is -0.358 e. The number of amides is 1. The Hall–Kier alpha value is -2.35. The van der Waals surface area contributed by atoms with Crippen molar-refractivity contribution in [3.05, 3.63) is 70.7 Å². The Morgan fingerprint density at radius 1 is 1.17 bits per heavy atom. The third-order valence-corrected chi connectivity index (χ3v) is 3.77. The normalized spacial score (nSPS) is 12.9. The molecule has 0 spiro atoms. The maximum Gasteiger partial charge on any atom is 0.241 e. The highest BCUT2D eigenvalue weighted by Crippen LogP contribution is 2.18. The van der Waals surface area contributed by atoms with E-state index in [4.69, 9.17) is 11.6 Å². The minimum atomic E-state index is -0.606. The van der Waals surface area contributed by atoms with Crippen LogP contribution in [0.1, 0.15) is 17.2 Å². The number of rotatable bonds is 6. The van der Waals surface area contributed by atoms with Crippen molar-refractivity contribution in [2.24, 2.45) is 0 Å². The molecule has 4 nitrogen and oxygen atoms in total. The Bertz CT molecular complexity index is 680. The quantitative estimate of drug-likeness (QED) is 0.857. The van der Waals surface area contributed by atoms with E-state index in [0.717, 1.165) is 11.1 Å². The first-order chi connectivity index (χ1) is 11.1. The third kappa shape index (κ3) is 4.82. The summed E-state index contributed by atoms with van der Waals surface area (Å²) in [7, 11) is 1.57. The Morgan fingerprint density at radius 3 is 2.39 bits per heavy atom. The van der Waals surface area contributed by atoms with E-state index in [-0.39, 0.29) is 5.91 Å². The fourth-order valence-corrected chi connectivity index (χ4v) is 2.44. The average Bonchev–Trinajstić information content (AvgIpc) is 2.59. The molecule has 0 radical (unpaired) electrons. The lowest BCUT2D eigenvalue weighted by molar-refractivity contribution is -0.122. The molecule has 5 heteroatoms. The van der Waals surface area contributed by atoms with E-state index in [9.17, 15) is 10.1 Å². The molecule has 0 bridgehead atoms. The number of carbonyl (C=O) groups is 1. The number of nitrogens with one attached hydrogen (secondary N) is 2. The topological polar surface area (TPSA) is 64.9 Å². The van der Waals surface area contributed by atoms with E-state index in [1.54, 1.807) is 31.3 Å². The predicted molar refractivity (Wildman–Crippen MR) is 90.9 cm³/mol. The molecule has 23 heavy (non-hydrogen) atoms. The maximum absolute atomic E-state index is 12.2. The number of nitrogens with zero attached hydrogens (tertiary/aromatic N) is 1. The summed E-state index contributed by atoms with van der Waals surface area (Å²) in [5.74, 6) is -0.194. The molecule has 0 heterocycles. The number of hydrogen-bond donors (Lipinski definition) is 2. The van der Waals surface area contributed by atoms with Crippen molar-refractivity contribution in [3.8, 4) is 6.07 Å². The van der Waals surface area contributed by atoms with Gasteiger partial charge in [0.05, 0.1) is 6.07 Å². The molecule has 0 aliphatic rings. The lowest BCUT2D eigenvalue weighted by atomic mass is 10.0. The third-order valence-electron chi connectivity index (χ3n) is 3.52. The monoisotopic (exact) mass is 327 g/mol. The molecule has 0 saturated heterocycles. The van der Waals surface area contributed by atoms with Gasteiger partial charge in [0.15, 0.2) is 0 Å². The van der Waals surface area contributed by atoms with Crippen molar-refractivity contribution in [2.45, 2.75) is 18.5 Å². The van der Waals surface area contributed by atoms with Crippen molar-refractivity contribution in [2.75, 3.05) is 7.05 Å². The van der Waals surface area contributed by atoms with Gasteiger partial charge in [-0.25, -0.2) is 0 Å². The summed E-state index contributed by atoms with van der Waals surface area (Å²) >= 11 is 5.90. The average molecular weight is 328 g/mol. The zero-order valence-electron chi connectivity index (χ0n) is 12.8. The fraction of sp³-hybridized carbons (Fsp3) is 0.222. The molecule has 2 rings (SSSR count). The largest absolute Gasteiger partial charge is 0.358 e. The molecule has 118 valence electrons. The van der Waals surface area contributed by atoms with E-state index in [2.05, 4.69) is 16.7 Å². The van der Waals surface area contributed by atoms with Gasteiger partial charge >= 0.3 is 0 Å². The number of halogens is 1. The van der Waals surface area contributed by atoms with Gasteiger partial charge in [0.25, 0.3) is 0 Å². The van der Waals surface area contributed by atoms with Gasteiger partial charge in [-0.2, -0.15) is 5.26 Å². The molecule has 0 saturated carbocycles. The van der Waals surface area contributed by atoms with Crippen molar-refractivity contribution < 1.29 is 4.79 Å². The van der Waals surface area contributed by atoms with E-state index < -0.39 is 12.1 Å². The first kappa shape index (κ1) is 17.0. The maximum atomic E-state index is 12.2. The second-order valence-corrected chi connectivity index (χ2v) is 5.57. The molecule has 2 aromatic rings. The van der Waals surface area contributed by atoms with Crippen LogP contribution in [0, 0.1) is 11.3 Å². The highest BCUT2D eigenvalue weighted by Gasteiger charge is 2.23. The Kier molecular flexibility index (Phi) is 6.16. The van der Waals surface area contributed by atoms with Crippen LogP contribution in [0.3, 0.4) is 0 Å². The highest BCUT2D eigenvalue weighted by atomic mass is 35.5. The summed E-state index contributed by atoms with van der Waals surface area (Å²) < 4.78 is 0. The molecule has 0 aromatic heterocycles. The Balaban J connectivity index is 2.17. The molecule has 0 aliphatic carbocycles. The van der Waals surface area contributed by atoms with Gasteiger partial charge in [-0.1, -0.05) is 54.1 Å². The molecular formula is C18H18ClN3O. The number of carbonyl (C=O) groups excluding carboxylic acids is 1. The van der Waals surface area contributed by atoms with Gasteiger partial charge < -0.3 is 5.32 Å². The smallest absolute Gasteiger partial charge is 0.241 e. The van der Waals surface area contributed by atoms with Crippen molar-refractivity contribution >= 4 is 17.5 Å². The summed E-state index contributed by atoms with van der Waals surface area (Å²) in [6.07, 6.45) is 0.526. The second kappa shape index (κ2) is 8.33. The van der Waals surface area contributed by atoms with E-state index in [1.165, 1.54) is 0 Å². The van der Waals surface area contributed by atoms with Crippen molar-refractivity contribution in [1.29, 1.82) is 5.26 Å². The van der Waals surface area contributed by atoms with Crippen molar-refractivity contribution in [1.82, 2.24) is 10.6 Å². The van der Waals surface area contributed by atoms with Crippen LogP contribution >= 0.6 is 11.6 Å². The Morgan fingerprint density at radius 2 is 1.83 bits per heavy atom. The molecular weight excluding hydrogens is 310 g/mol. The van der Waals surface area contributed by atoms with Crippen LogP contribution in [0.4, 0.5) is 0 Å². The van der Waals surface area contributed by atoms with Crippen LogP contribution in [0.2, 0.25) is 5.02 Å². The number of nitriles is 1. The van der Waals surface area contributed by atoms with Gasteiger partial charge in [-0.15, -0.1) is 0 Å². The summed E-state index contributed by atoms with van der Waals surface area (Å²) in [5.41, 5.74) is 1.81. The predicted octanol–water partition coefficient (Wildman–Crippen LogP) is 2.85. The minimum absolute atomic E-state index is 0.194. The molecule has 2 aromatic carbocycles. The van der Waals surface area contributed by atoms with Gasteiger partial charge in [0, 0.05) is 18.5 Å². The van der Waals surface area contributed by atoms with E-state index >= 15 is 0 Å². The van der Waals surface area contributed by atoms with Crippen LogP contribution in [-0.2, 0) is 11.2 Å². The van der Waals surface area contributed by atoms with Crippen LogP contribution in [0.15, 0.2) is 54.6 Å². The summed E-state index contributed by atoms with van der Waals surface area (Å²) in [6.45, 7) is 0. The van der Waals surface area contributed by atoms with Crippen LogP contribution in [-0.4, -0.2) is 19.0 Å². The van der Waals surface area contributed by atoms with Gasteiger partial charge in [-0.3, -0.25) is 10.1 Å². The molecule has 1 unspecified atom stereocenters. The van der Waals surface area contributed by atoms with Gasteiger partial charge in [-0.05, 0) is 23.3 Å². The molecule has 1 amide bonds. The standard InChI is InChI=1S/C18H18ClN3O/c1-21-18(23)17(14-7-9-15(19)10-8-14)22-16(12-20)11-13-5-3-2-4-6-13/h2-10,16-17,22H,11H2,1H3,(H,21,23)/t16-,17?/m0/s1. The number of likely N-dealkylation sites (N-methyl/N-ethyl adjacent to an activating group) is 1. The van der Waals surface area contributed by atoms with E-state index in [1.807, 2.05) is 30.3 Å². The second-order valence-electron chi connectivity index (χ2n) is 5.14. The van der Waals surface area contributed by atoms with Crippen molar-refractivity contribution in [3.63, 3.8) is 0 Å². The lowest BCUT2D eigenvalue weighted by Gasteiger charge is -2.21. The first-order valence-corrected chi connectivity index (χ1v) is 7.68. The van der Waals surface area contributed by atoms with Crippen LogP contribution in [0.5, 0.6) is 0 Å². The molecule has 0 fully saturated rings. The van der Waals surface area contributed by atoms with Gasteiger partial charge in [0.2, 0.25) is 5.91 Å². The summed E-state index contributed by atoms with van der Waals surface area (Å²) in [6, 6.07) is 17.9. The first-order valence-electron chi connectivity index (χ1n) is 7.30. The zero-order valence-corrected chi connectivity index (χ0v) is 13.5. The van der Waals surface area contributed by atoms with E-state index in [0.29, 0.717) is 11.4 Å². The SMILES string of the molecule is CNC(=O)C(N[C@H](C#N)Cc1ccccc1)c1ccc(Cl)cc1. The van der Waals surface area contributed by atoms with Crippen LogP contribution < -0.4 is 10.6 Å². The highest BCUT2D eigenvalue weighted by molar-refractivity contribution is 6.30. The molecule has 0 aliphatic heterocycles. The van der Waals surface area contributed by atoms with Crippen LogP contribution in [0.25, 0.3) is 0 Å².